The molecular weight excluding hydrogens is 118 g/mol. The standard InChI is InChI=1S/C3H6O2.BH3.K/c1-2-3(4)5;;/h2H2,1H3,(H,4,5);1H3;/q;;+1/p-1. The number of carbonyl (C=O) groups excluding carboxylic acids is 1. The van der Waals surface area contributed by atoms with Crippen molar-refractivity contribution in [1.82, 2.24) is 0 Å². The molecule has 0 saturated heterocycles. The van der Waals surface area contributed by atoms with Gasteiger partial charge in [-0.1, -0.05) is 6.92 Å². The van der Waals surface area contributed by atoms with Crippen LogP contribution >= 0.6 is 0 Å². The van der Waals surface area contributed by atoms with Crippen molar-refractivity contribution in [2.24, 2.45) is 0 Å². The van der Waals surface area contributed by atoms with E-state index in [1.54, 1.807) is 0 Å². The van der Waals surface area contributed by atoms with Crippen LogP contribution < -0.4 is 56.5 Å². The Labute approximate surface area is 87.7 Å². The fraction of sp³-hybridized carbons (Fsp3) is 0.667. The first-order valence-electron chi connectivity index (χ1n) is 1.47. The van der Waals surface area contributed by atoms with Crippen LogP contribution in [0.5, 0.6) is 0 Å². The Bertz CT molecular complexity index is 48.2. The van der Waals surface area contributed by atoms with Crippen molar-refractivity contribution < 1.29 is 61.3 Å². The van der Waals surface area contributed by atoms with Gasteiger partial charge in [-0.3, -0.25) is 0 Å². The maximum atomic E-state index is 9.26. The summed E-state index contributed by atoms with van der Waals surface area (Å²) in [7, 11) is 0. The summed E-state index contributed by atoms with van der Waals surface area (Å²) < 4.78 is 0. The predicted octanol–water partition coefficient (Wildman–Crippen LogP) is -5.03. The van der Waals surface area contributed by atoms with Gasteiger partial charge in [0, 0.05) is 5.97 Å². The first kappa shape index (κ1) is 15.7. The predicted molar refractivity (Wildman–Crippen MR) is 25.2 cm³/mol. The van der Waals surface area contributed by atoms with Crippen LogP contribution in [0.2, 0.25) is 0 Å². The average Bonchev–Trinajstić information content (AvgIpc) is 1.38. The first-order chi connectivity index (χ1) is 2.27. The van der Waals surface area contributed by atoms with Crippen molar-refractivity contribution in [2.75, 3.05) is 0 Å². The minimum absolute atomic E-state index is 0. The van der Waals surface area contributed by atoms with E-state index in [2.05, 4.69) is 0 Å². The van der Waals surface area contributed by atoms with Gasteiger partial charge in [-0.15, -0.1) is 0 Å². The number of rotatable bonds is 1. The number of aliphatic carboxylic acids is 1. The second-order valence-electron chi connectivity index (χ2n) is 0.726. The van der Waals surface area contributed by atoms with Crippen LogP contribution in [-0.4, -0.2) is 14.4 Å². The molecule has 0 N–H and O–H groups in total. The van der Waals surface area contributed by atoms with Crippen LogP contribution in [0.3, 0.4) is 0 Å². The maximum Gasteiger partial charge on any atom is 1.00 e. The van der Waals surface area contributed by atoms with Gasteiger partial charge in [0.05, 0.1) is 8.41 Å². The normalized spacial score (nSPS) is 5.29. The van der Waals surface area contributed by atoms with Gasteiger partial charge in [0.25, 0.3) is 0 Å². The SMILES string of the molecule is B.CCC(=O)[O-].[K+]. The quantitative estimate of drug-likeness (QED) is 0.330. The van der Waals surface area contributed by atoms with E-state index in [1.165, 1.54) is 6.92 Å². The molecule has 0 aliphatic rings. The van der Waals surface area contributed by atoms with Crippen molar-refractivity contribution in [1.29, 1.82) is 0 Å². The number of carbonyl (C=O) groups is 1. The topological polar surface area (TPSA) is 40.1 Å². The summed E-state index contributed by atoms with van der Waals surface area (Å²) in [5.74, 6) is -0.995. The van der Waals surface area contributed by atoms with Crippen LogP contribution in [0.1, 0.15) is 13.3 Å². The third-order valence-electron chi connectivity index (χ3n) is 0.289. The molecule has 0 radical (unpaired) electrons. The van der Waals surface area contributed by atoms with Gasteiger partial charge in [0.1, 0.15) is 0 Å². The molecular formula is C3H8BKO2. The van der Waals surface area contributed by atoms with Crippen LogP contribution in [0.25, 0.3) is 0 Å². The maximum absolute atomic E-state index is 9.26. The molecule has 0 spiro atoms. The summed E-state index contributed by atoms with van der Waals surface area (Å²) in [4.78, 5) is 9.26. The molecule has 7 heavy (non-hydrogen) atoms. The molecule has 0 aromatic carbocycles. The van der Waals surface area contributed by atoms with E-state index in [-0.39, 0.29) is 66.2 Å². The van der Waals surface area contributed by atoms with Gasteiger partial charge in [-0.2, -0.15) is 0 Å². The molecule has 0 amide bonds. The Morgan fingerprint density at radius 1 is 1.71 bits per heavy atom. The van der Waals surface area contributed by atoms with E-state index in [9.17, 15) is 9.90 Å². The van der Waals surface area contributed by atoms with Crippen molar-refractivity contribution in [3.63, 3.8) is 0 Å². The molecule has 0 rings (SSSR count). The number of carboxylic acid groups (broad SMARTS) is 1. The molecule has 2 nitrogen and oxygen atoms in total. The van der Waals surface area contributed by atoms with Crippen LogP contribution in [0.15, 0.2) is 0 Å². The van der Waals surface area contributed by atoms with Gasteiger partial charge in [0.2, 0.25) is 0 Å². The van der Waals surface area contributed by atoms with E-state index < -0.39 is 5.97 Å². The Morgan fingerprint density at radius 3 is 1.86 bits per heavy atom. The first-order valence-corrected chi connectivity index (χ1v) is 1.47. The third kappa shape index (κ3) is 19.1. The number of carboxylic acids is 1. The van der Waals surface area contributed by atoms with Gasteiger partial charge < -0.3 is 9.90 Å². The van der Waals surface area contributed by atoms with Gasteiger partial charge in [-0.25, -0.2) is 0 Å². The molecule has 0 heterocycles. The Kier molecular flexibility index (Phi) is 22.9. The summed E-state index contributed by atoms with van der Waals surface area (Å²) in [5, 5.41) is 9.26. The zero-order chi connectivity index (χ0) is 4.28. The van der Waals surface area contributed by atoms with Crippen LogP contribution in [0.4, 0.5) is 0 Å². The number of hydrogen-bond acceptors (Lipinski definition) is 2. The van der Waals surface area contributed by atoms with Crippen molar-refractivity contribution in [2.45, 2.75) is 13.3 Å². The molecule has 0 aromatic rings. The molecule has 0 aliphatic heterocycles. The number of hydrogen-bond donors (Lipinski definition) is 0. The van der Waals surface area contributed by atoms with Gasteiger partial charge in [0.15, 0.2) is 0 Å². The monoisotopic (exact) mass is 126 g/mol. The van der Waals surface area contributed by atoms with Gasteiger partial charge in [-0.05, 0) is 6.42 Å². The summed E-state index contributed by atoms with van der Waals surface area (Å²) >= 11 is 0. The van der Waals surface area contributed by atoms with E-state index >= 15 is 0 Å². The second kappa shape index (κ2) is 10.2. The van der Waals surface area contributed by atoms with E-state index in [0.717, 1.165) is 0 Å². The molecule has 4 heteroatoms. The zero-order valence-corrected chi connectivity index (χ0v) is 7.15. The van der Waals surface area contributed by atoms with Crippen LogP contribution in [-0.2, 0) is 4.79 Å². The third-order valence-corrected chi connectivity index (χ3v) is 0.289. The summed E-state index contributed by atoms with van der Waals surface area (Å²) in [6.07, 6.45) is 0.111. The minimum atomic E-state index is -0.995. The van der Waals surface area contributed by atoms with Crippen molar-refractivity contribution in [3.8, 4) is 0 Å². The molecule has 0 atom stereocenters. The average molecular weight is 126 g/mol. The van der Waals surface area contributed by atoms with E-state index in [4.69, 9.17) is 0 Å². The molecule has 0 fully saturated rings. The fourth-order valence-electron chi connectivity index (χ4n) is 0. The molecule has 0 bridgehead atoms. The second-order valence-corrected chi connectivity index (χ2v) is 0.726. The van der Waals surface area contributed by atoms with Gasteiger partial charge >= 0.3 is 51.4 Å². The molecule has 0 unspecified atom stereocenters. The summed E-state index contributed by atoms with van der Waals surface area (Å²) in [6.45, 7) is 1.54. The van der Waals surface area contributed by atoms with Crippen LogP contribution in [0, 0.1) is 0 Å². The molecule has 36 valence electrons. The minimum Gasteiger partial charge on any atom is -0.550 e. The Hall–Kier alpha value is 1.17. The van der Waals surface area contributed by atoms with Crippen molar-refractivity contribution >= 4 is 14.4 Å². The molecule has 0 saturated carbocycles. The largest absolute Gasteiger partial charge is 1.00 e. The smallest absolute Gasteiger partial charge is 0.550 e. The van der Waals surface area contributed by atoms with E-state index in [1.807, 2.05) is 0 Å². The Balaban J connectivity index is -0.0000000800. The zero-order valence-electron chi connectivity index (χ0n) is 4.02. The molecule has 0 aromatic heterocycles. The Morgan fingerprint density at radius 2 is 1.86 bits per heavy atom. The van der Waals surface area contributed by atoms with E-state index in [0.29, 0.717) is 0 Å². The van der Waals surface area contributed by atoms with Crippen molar-refractivity contribution in [3.05, 3.63) is 0 Å². The summed E-state index contributed by atoms with van der Waals surface area (Å²) in [6, 6.07) is 0. The molecule has 0 aliphatic carbocycles. The fourth-order valence-corrected chi connectivity index (χ4v) is 0. The summed E-state index contributed by atoms with van der Waals surface area (Å²) in [5.41, 5.74) is 0.